The van der Waals surface area contributed by atoms with Crippen LogP contribution in [0.2, 0.25) is 0 Å². The van der Waals surface area contributed by atoms with Crippen LogP contribution in [0.25, 0.3) is 0 Å². The lowest BCUT2D eigenvalue weighted by atomic mass is 10.0. The Hall–Kier alpha value is -2.28. The molecule has 1 atom stereocenters. The van der Waals surface area contributed by atoms with Crippen molar-refractivity contribution in [1.82, 2.24) is 10.2 Å². The molecule has 1 unspecified atom stereocenters. The van der Waals surface area contributed by atoms with Crippen LogP contribution in [-0.4, -0.2) is 52.6 Å². The lowest BCUT2D eigenvalue weighted by Gasteiger charge is -2.34. The Labute approximate surface area is 122 Å². The standard InChI is InChI=1S/C14H19N3O4/c15-12(20)8-17(9-3-2-6-16-7-9)14(21)13-10(18)4-1-5-11(13)19/h1,4-5,9,16,18-19H,2-3,6-8H2,(H2,15,20). The van der Waals surface area contributed by atoms with Crippen LogP contribution in [0.3, 0.4) is 0 Å². The van der Waals surface area contributed by atoms with Gasteiger partial charge in [0.15, 0.2) is 0 Å². The summed E-state index contributed by atoms with van der Waals surface area (Å²) in [6.07, 6.45) is 1.61. The van der Waals surface area contributed by atoms with Gasteiger partial charge in [0.25, 0.3) is 5.91 Å². The summed E-state index contributed by atoms with van der Waals surface area (Å²) in [5, 5.41) is 22.8. The molecule has 0 aliphatic carbocycles. The molecule has 0 bridgehead atoms. The molecule has 2 rings (SSSR count). The van der Waals surface area contributed by atoms with Crippen molar-refractivity contribution in [3.63, 3.8) is 0 Å². The smallest absolute Gasteiger partial charge is 0.262 e. The lowest BCUT2D eigenvalue weighted by Crippen LogP contribution is -2.51. The van der Waals surface area contributed by atoms with Crippen molar-refractivity contribution in [2.75, 3.05) is 19.6 Å². The van der Waals surface area contributed by atoms with Crippen molar-refractivity contribution >= 4 is 11.8 Å². The number of carbonyl (C=O) groups is 2. The zero-order valence-electron chi connectivity index (χ0n) is 11.6. The third kappa shape index (κ3) is 3.43. The SMILES string of the molecule is NC(=O)CN(C(=O)c1c(O)cccc1O)C1CCCNC1. The molecule has 5 N–H and O–H groups in total. The summed E-state index contributed by atoms with van der Waals surface area (Å²) >= 11 is 0. The first-order valence-electron chi connectivity index (χ1n) is 6.81. The largest absolute Gasteiger partial charge is 0.507 e. The second-order valence-corrected chi connectivity index (χ2v) is 5.07. The van der Waals surface area contributed by atoms with Crippen LogP contribution in [0.4, 0.5) is 0 Å². The maximum absolute atomic E-state index is 12.6. The highest BCUT2D eigenvalue weighted by atomic mass is 16.3. The molecule has 1 fully saturated rings. The third-order valence-corrected chi connectivity index (χ3v) is 3.53. The monoisotopic (exact) mass is 293 g/mol. The number of primary amides is 1. The number of piperidine rings is 1. The van der Waals surface area contributed by atoms with Gasteiger partial charge in [-0.3, -0.25) is 9.59 Å². The highest BCUT2D eigenvalue weighted by Gasteiger charge is 2.30. The van der Waals surface area contributed by atoms with Crippen molar-refractivity contribution < 1.29 is 19.8 Å². The average molecular weight is 293 g/mol. The molecule has 1 aliphatic heterocycles. The van der Waals surface area contributed by atoms with Gasteiger partial charge in [-0.05, 0) is 31.5 Å². The summed E-state index contributed by atoms with van der Waals surface area (Å²) < 4.78 is 0. The van der Waals surface area contributed by atoms with Crippen LogP contribution in [0.1, 0.15) is 23.2 Å². The number of nitrogens with one attached hydrogen (secondary N) is 1. The minimum Gasteiger partial charge on any atom is -0.507 e. The number of hydrogen-bond donors (Lipinski definition) is 4. The molecular formula is C14H19N3O4. The molecular weight excluding hydrogens is 274 g/mol. The van der Waals surface area contributed by atoms with E-state index in [1.54, 1.807) is 0 Å². The summed E-state index contributed by atoms with van der Waals surface area (Å²) in [7, 11) is 0. The minimum atomic E-state index is -0.635. The van der Waals surface area contributed by atoms with E-state index in [1.807, 2.05) is 0 Å². The average Bonchev–Trinajstić information content (AvgIpc) is 2.45. The number of nitrogens with zero attached hydrogens (tertiary/aromatic N) is 1. The van der Waals surface area contributed by atoms with Crippen molar-refractivity contribution in [3.05, 3.63) is 23.8 Å². The Morgan fingerprint density at radius 3 is 2.52 bits per heavy atom. The second kappa shape index (κ2) is 6.45. The van der Waals surface area contributed by atoms with Crippen molar-refractivity contribution in [1.29, 1.82) is 0 Å². The molecule has 21 heavy (non-hydrogen) atoms. The zero-order valence-corrected chi connectivity index (χ0v) is 11.6. The Morgan fingerprint density at radius 2 is 2.00 bits per heavy atom. The van der Waals surface area contributed by atoms with E-state index in [1.165, 1.54) is 23.1 Å². The number of phenols is 2. The maximum atomic E-state index is 12.6. The molecule has 0 aromatic heterocycles. The molecule has 0 spiro atoms. The summed E-state index contributed by atoms with van der Waals surface area (Å²) in [5.74, 6) is -1.88. The molecule has 7 heteroatoms. The van der Waals surface area contributed by atoms with Gasteiger partial charge in [0.1, 0.15) is 17.1 Å². The van der Waals surface area contributed by atoms with E-state index < -0.39 is 11.8 Å². The number of amides is 2. The summed E-state index contributed by atoms with van der Waals surface area (Å²) in [6, 6.07) is 3.86. The molecule has 0 radical (unpaired) electrons. The first-order valence-corrected chi connectivity index (χ1v) is 6.81. The van der Waals surface area contributed by atoms with Gasteiger partial charge >= 0.3 is 0 Å². The first-order chi connectivity index (χ1) is 10.0. The molecule has 1 aliphatic rings. The Bertz CT molecular complexity index is 521. The maximum Gasteiger partial charge on any atom is 0.262 e. The van der Waals surface area contributed by atoms with Gasteiger partial charge in [-0.1, -0.05) is 6.07 Å². The van der Waals surface area contributed by atoms with E-state index in [-0.39, 0.29) is 29.6 Å². The normalized spacial score (nSPS) is 18.2. The summed E-state index contributed by atoms with van der Waals surface area (Å²) in [6.45, 7) is 1.16. The predicted octanol–water partition coefficient (Wildman–Crippen LogP) is -0.223. The van der Waals surface area contributed by atoms with Gasteiger partial charge in [-0.2, -0.15) is 0 Å². The predicted molar refractivity (Wildman–Crippen MR) is 75.9 cm³/mol. The van der Waals surface area contributed by atoms with Crippen molar-refractivity contribution in [3.8, 4) is 11.5 Å². The molecule has 2 amide bonds. The second-order valence-electron chi connectivity index (χ2n) is 5.07. The van der Waals surface area contributed by atoms with Crippen LogP contribution in [0.15, 0.2) is 18.2 Å². The van der Waals surface area contributed by atoms with E-state index in [2.05, 4.69) is 5.32 Å². The topological polar surface area (TPSA) is 116 Å². The first kappa shape index (κ1) is 15.1. The van der Waals surface area contributed by atoms with Crippen molar-refractivity contribution in [2.45, 2.75) is 18.9 Å². The lowest BCUT2D eigenvalue weighted by molar-refractivity contribution is -0.119. The number of rotatable bonds is 4. The van der Waals surface area contributed by atoms with E-state index in [4.69, 9.17) is 5.73 Å². The highest BCUT2D eigenvalue weighted by Crippen LogP contribution is 2.28. The van der Waals surface area contributed by atoms with Crippen LogP contribution < -0.4 is 11.1 Å². The molecule has 1 heterocycles. The molecule has 1 aromatic carbocycles. The third-order valence-electron chi connectivity index (χ3n) is 3.53. The van der Waals surface area contributed by atoms with E-state index in [0.29, 0.717) is 6.54 Å². The fourth-order valence-electron chi connectivity index (χ4n) is 2.53. The van der Waals surface area contributed by atoms with Gasteiger partial charge in [0.05, 0.1) is 6.54 Å². The molecule has 1 aromatic rings. The van der Waals surface area contributed by atoms with Gasteiger partial charge in [0, 0.05) is 12.6 Å². The summed E-state index contributed by atoms with van der Waals surface area (Å²) in [5.41, 5.74) is 5.01. The van der Waals surface area contributed by atoms with Gasteiger partial charge in [-0.25, -0.2) is 0 Å². The van der Waals surface area contributed by atoms with Crippen LogP contribution in [0.5, 0.6) is 11.5 Å². The molecule has 7 nitrogen and oxygen atoms in total. The highest BCUT2D eigenvalue weighted by molar-refractivity contribution is 6.01. The fraction of sp³-hybridized carbons (Fsp3) is 0.429. The number of hydrogen-bond acceptors (Lipinski definition) is 5. The number of phenolic OH excluding ortho intramolecular Hbond substituents is 2. The zero-order chi connectivity index (χ0) is 15.4. The Kier molecular flexibility index (Phi) is 4.64. The van der Waals surface area contributed by atoms with Crippen molar-refractivity contribution in [2.24, 2.45) is 5.73 Å². The molecule has 114 valence electrons. The fourth-order valence-corrected chi connectivity index (χ4v) is 2.53. The number of benzene rings is 1. The Balaban J connectivity index is 2.31. The van der Waals surface area contributed by atoms with Gasteiger partial charge in [0.2, 0.25) is 5.91 Å². The van der Waals surface area contributed by atoms with Crippen LogP contribution in [0, 0.1) is 0 Å². The van der Waals surface area contributed by atoms with E-state index >= 15 is 0 Å². The number of carbonyl (C=O) groups excluding carboxylic acids is 2. The van der Waals surface area contributed by atoms with Crippen LogP contribution in [-0.2, 0) is 4.79 Å². The van der Waals surface area contributed by atoms with E-state index in [0.717, 1.165) is 19.4 Å². The molecule has 0 saturated carbocycles. The Morgan fingerprint density at radius 1 is 1.33 bits per heavy atom. The van der Waals surface area contributed by atoms with Crippen LogP contribution >= 0.6 is 0 Å². The minimum absolute atomic E-state index is 0.197. The van der Waals surface area contributed by atoms with Gasteiger partial charge < -0.3 is 26.2 Å². The van der Waals surface area contributed by atoms with E-state index in [9.17, 15) is 19.8 Å². The molecule has 1 saturated heterocycles. The quantitative estimate of drug-likeness (QED) is 0.612. The van der Waals surface area contributed by atoms with Gasteiger partial charge in [-0.15, -0.1) is 0 Å². The summed E-state index contributed by atoms with van der Waals surface area (Å²) in [4.78, 5) is 25.1. The number of nitrogens with two attached hydrogens (primary N) is 1. The number of aromatic hydroxyl groups is 2.